The van der Waals surface area contributed by atoms with Crippen molar-refractivity contribution >= 4 is 29.4 Å². The third-order valence-electron chi connectivity index (χ3n) is 3.21. The van der Waals surface area contributed by atoms with Crippen molar-refractivity contribution < 1.29 is 14.3 Å². The lowest BCUT2D eigenvalue weighted by Gasteiger charge is -2.18. The highest BCUT2D eigenvalue weighted by Crippen LogP contribution is 2.31. The van der Waals surface area contributed by atoms with E-state index >= 15 is 0 Å². The molecular formula is C17H16N2O3S. The van der Waals surface area contributed by atoms with Gasteiger partial charge in [-0.1, -0.05) is 6.07 Å². The summed E-state index contributed by atoms with van der Waals surface area (Å²) in [6.45, 7) is 1.10. The molecule has 1 aliphatic rings. The molecule has 2 aromatic rings. The summed E-state index contributed by atoms with van der Waals surface area (Å²) in [7, 11) is 0. The van der Waals surface area contributed by atoms with Gasteiger partial charge in [-0.15, -0.1) is 11.8 Å². The Morgan fingerprint density at radius 2 is 2.04 bits per heavy atom. The van der Waals surface area contributed by atoms with Crippen LogP contribution in [0.1, 0.15) is 5.56 Å². The van der Waals surface area contributed by atoms with E-state index in [4.69, 9.17) is 9.47 Å². The van der Waals surface area contributed by atoms with Crippen LogP contribution in [0.4, 0.5) is 5.69 Å². The summed E-state index contributed by atoms with van der Waals surface area (Å²) in [4.78, 5) is 16.2. The smallest absolute Gasteiger partial charge is 0.248 e. The van der Waals surface area contributed by atoms with Crippen LogP contribution in [0, 0.1) is 0 Å². The highest BCUT2D eigenvalue weighted by molar-refractivity contribution is 7.98. The van der Waals surface area contributed by atoms with Gasteiger partial charge in [-0.25, -0.2) is 4.98 Å². The summed E-state index contributed by atoms with van der Waals surface area (Å²) in [5.41, 5.74) is 1.54. The van der Waals surface area contributed by atoms with Crippen molar-refractivity contribution in [3.05, 3.63) is 48.2 Å². The lowest BCUT2D eigenvalue weighted by atomic mass is 10.2. The van der Waals surface area contributed by atoms with Gasteiger partial charge in [-0.3, -0.25) is 4.79 Å². The molecule has 1 amide bonds. The number of thioether (sulfide) groups is 1. The van der Waals surface area contributed by atoms with E-state index < -0.39 is 0 Å². The number of benzene rings is 1. The Balaban J connectivity index is 1.63. The van der Waals surface area contributed by atoms with Crippen LogP contribution in [0.15, 0.2) is 47.6 Å². The fourth-order valence-corrected chi connectivity index (χ4v) is 2.46. The van der Waals surface area contributed by atoms with Crippen LogP contribution in [0.2, 0.25) is 0 Å². The van der Waals surface area contributed by atoms with E-state index in [2.05, 4.69) is 10.3 Å². The molecule has 118 valence electrons. The average molecular weight is 328 g/mol. The molecule has 2 heterocycles. The first-order valence-electron chi connectivity index (χ1n) is 7.13. The molecule has 0 saturated carbocycles. The van der Waals surface area contributed by atoms with Gasteiger partial charge < -0.3 is 14.8 Å². The lowest BCUT2D eigenvalue weighted by Crippen LogP contribution is -2.15. The first-order chi connectivity index (χ1) is 11.2. The molecule has 0 radical (unpaired) electrons. The molecule has 0 fully saturated rings. The highest BCUT2D eigenvalue weighted by Gasteiger charge is 2.10. The Morgan fingerprint density at radius 3 is 2.78 bits per heavy atom. The van der Waals surface area contributed by atoms with Crippen molar-refractivity contribution in [2.45, 2.75) is 5.03 Å². The molecule has 0 spiro atoms. The van der Waals surface area contributed by atoms with Crippen molar-refractivity contribution in [3.63, 3.8) is 0 Å². The summed E-state index contributed by atoms with van der Waals surface area (Å²) in [6.07, 6.45) is 6.81. The molecule has 0 atom stereocenters. The van der Waals surface area contributed by atoms with Gasteiger partial charge >= 0.3 is 0 Å². The standard InChI is InChI=1S/C17H16N2O3S/c1-23-17-7-4-13(11-18-17)19-16(20)6-3-12-2-5-14-15(10-12)22-9-8-21-14/h2-7,10-11H,8-9H2,1H3,(H,19,20)/b6-3+. The largest absolute Gasteiger partial charge is 0.486 e. The zero-order valence-electron chi connectivity index (χ0n) is 12.6. The Hall–Kier alpha value is -2.47. The molecule has 5 nitrogen and oxygen atoms in total. The van der Waals surface area contributed by atoms with Gasteiger partial charge in [0.25, 0.3) is 0 Å². The highest BCUT2D eigenvalue weighted by atomic mass is 32.2. The normalized spacial score (nSPS) is 13.1. The Kier molecular flexibility index (Phi) is 4.83. The van der Waals surface area contributed by atoms with Crippen LogP contribution >= 0.6 is 11.8 Å². The number of anilines is 1. The molecule has 3 rings (SSSR count). The fourth-order valence-electron chi connectivity index (χ4n) is 2.09. The van der Waals surface area contributed by atoms with E-state index in [-0.39, 0.29) is 5.91 Å². The SMILES string of the molecule is CSc1ccc(NC(=O)/C=C/c2ccc3c(c2)OCCO3)cn1. The van der Waals surface area contributed by atoms with Crippen LogP contribution < -0.4 is 14.8 Å². The molecule has 1 aliphatic heterocycles. The second-order valence-corrected chi connectivity index (χ2v) is 5.64. The molecule has 1 aromatic heterocycles. The third kappa shape index (κ3) is 4.04. The van der Waals surface area contributed by atoms with E-state index in [9.17, 15) is 4.79 Å². The molecule has 1 N–H and O–H groups in total. The summed E-state index contributed by atoms with van der Waals surface area (Å²) in [6, 6.07) is 9.27. The number of nitrogens with one attached hydrogen (secondary N) is 1. The van der Waals surface area contributed by atoms with Crippen LogP contribution in [-0.2, 0) is 4.79 Å². The summed E-state index contributed by atoms with van der Waals surface area (Å²) >= 11 is 1.56. The van der Waals surface area contributed by atoms with Gasteiger partial charge in [0, 0.05) is 6.08 Å². The molecule has 23 heavy (non-hydrogen) atoms. The molecule has 0 aliphatic carbocycles. The van der Waals surface area contributed by atoms with Crippen molar-refractivity contribution in [1.29, 1.82) is 0 Å². The topological polar surface area (TPSA) is 60.5 Å². The van der Waals surface area contributed by atoms with Crippen molar-refractivity contribution in [3.8, 4) is 11.5 Å². The predicted molar refractivity (Wildman–Crippen MR) is 91.1 cm³/mol. The van der Waals surface area contributed by atoms with Crippen molar-refractivity contribution in [1.82, 2.24) is 4.98 Å². The van der Waals surface area contributed by atoms with Crippen LogP contribution in [0.3, 0.4) is 0 Å². The van der Waals surface area contributed by atoms with Gasteiger partial charge in [0.05, 0.1) is 16.9 Å². The van der Waals surface area contributed by atoms with Crippen LogP contribution in [-0.4, -0.2) is 30.4 Å². The molecule has 1 aromatic carbocycles. The minimum atomic E-state index is -0.210. The number of rotatable bonds is 4. The van der Waals surface area contributed by atoms with E-state index in [1.807, 2.05) is 36.6 Å². The van der Waals surface area contributed by atoms with Crippen molar-refractivity contribution in [2.75, 3.05) is 24.8 Å². The zero-order chi connectivity index (χ0) is 16.1. The number of aromatic nitrogens is 1. The van der Waals surface area contributed by atoms with Gasteiger partial charge in [-0.05, 0) is 42.2 Å². The molecule has 0 bridgehead atoms. The number of carbonyl (C=O) groups is 1. The van der Waals surface area contributed by atoms with E-state index in [1.54, 1.807) is 24.0 Å². The van der Waals surface area contributed by atoms with Gasteiger partial charge in [0.2, 0.25) is 5.91 Å². The summed E-state index contributed by atoms with van der Waals surface area (Å²) < 4.78 is 11.0. The summed E-state index contributed by atoms with van der Waals surface area (Å²) in [5.74, 6) is 1.23. The quantitative estimate of drug-likeness (QED) is 0.690. The number of pyridine rings is 1. The van der Waals surface area contributed by atoms with Crippen LogP contribution in [0.25, 0.3) is 6.08 Å². The number of ether oxygens (including phenoxy) is 2. The number of nitrogens with zero attached hydrogens (tertiary/aromatic N) is 1. The molecule has 0 unspecified atom stereocenters. The Bertz CT molecular complexity index is 729. The summed E-state index contributed by atoms with van der Waals surface area (Å²) in [5, 5.41) is 3.68. The van der Waals surface area contributed by atoms with E-state index in [0.29, 0.717) is 24.7 Å². The maximum Gasteiger partial charge on any atom is 0.248 e. The Morgan fingerprint density at radius 1 is 1.22 bits per heavy atom. The molecule has 6 heteroatoms. The van der Waals surface area contributed by atoms with Gasteiger partial charge in [-0.2, -0.15) is 0 Å². The first kappa shape index (κ1) is 15.4. The number of fused-ring (bicyclic) bond motifs is 1. The lowest BCUT2D eigenvalue weighted by molar-refractivity contribution is -0.111. The number of carbonyl (C=O) groups excluding carboxylic acids is 1. The first-order valence-corrected chi connectivity index (χ1v) is 8.36. The third-order valence-corrected chi connectivity index (χ3v) is 3.87. The van der Waals surface area contributed by atoms with Crippen molar-refractivity contribution in [2.24, 2.45) is 0 Å². The second kappa shape index (κ2) is 7.19. The molecule has 0 saturated heterocycles. The average Bonchev–Trinajstić information content (AvgIpc) is 2.60. The maximum atomic E-state index is 11.9. The fraction of sp³-hybridized carbons (Fsp3) is 0.176. The number of hydrogen-bond acceptors (Lipinski definition) is 5. The maximum absolute atomic E-state index is 11.9. The number of hydrogen-bond donors (Lipinski definition) is 1. The zero-order valence-corrected chi connectivity index (χ0v) is 13.4. The Labute approximate surface area is 138 Å². The van der Waals surface area contributed by atoms with E-state index in [0.717, 1.165) is 16.3 Å². The van der Waals surface area contributed by atoms with Crippen LogP contribution in [0.5, 0.6) is 11.5 Å². The minimum absolute atomic E-state index is 0.210. The monoisotopic (exact) mass is 328 g/mol. The predicted octanol–water partition coefficient (Wildman–Crippen LogP) is 3.23. The minimum Gasteiger partial charge on any atom is -0.486 e. The number of amides is 1. The van der Waals surface area contributed by atoms with E-state index in [1.165, 1.54) is 6.08 Å². The molecular weight excluding hydrogens is 312 g/mol. The van der Waals surface area contributed by atoms with Gasteiger partial charge in [0.1, 0.15) is 13.2 Å². The second-order valence-electron chi connectivity index (χ2n) is 4.81. The van der Waals surface area contributed by atoms with Gasteiger partial charge in [0.15, 0.2) is 11.5 Å².